The zero-order chi connectivity index (χ0) is 13.2. The Kier molecular flexibility index (Phi) is 7.74. The van der Waals surface area contributed by atoms with Crippen molar-refractivity contribution in [3.05, 3.63) is 29.8 Å². The number of hydrogen-bond donors (Lipinski definition) is 1. The van der Waals surface area contributed by atoms with Gasteiger partial charge in [0.05, 0.1) is 0 Å². The topological polar surface area (TPSA) is 29.1 Å². The highest BCUT2D eigenvalue weighted by molar-refractivity contribution is 9.09. The van der Waals surface area contributed by atoms with Crippen LogP contribution < -0.4 is 5.32 Å². The molecule has 1 aromatic rings. The number of benzene rings is 1. The molecule has 0 aliphatic carbocycles. The fraction of sp³-hybridized carbons (Fsp3) is 0.533. The molecule has 0 fully saturated rings. The predicted molar refractivity (Wildman–Crippen MR) is 81.3 cm³/mol. The maximum Gasteiger partial charge on any atom is 0.224 e. The number of carbonyl (C=O) groups is 1. The number of unbranched alkanes of at least 4 members (excludes halogenated alkanes) is 2. The van der Waals surface area contributed by atoms with Gasteiger partial charge in [0.2, 0.25) is 5.91 Å². The lowest BCUT2D eigenvalue weighted by Crippen LogP contribution is -2.11. The molecule has 3 heteroatoms. The van der Waals surface area contributed by atoms with Crippen molar-refractivity contribution < 1.29 is 4.79 Å². The van der Waals surface area contributed by atoms with Gasteiger partial charge in [0.1, 0.15) is 0 Å². The highest BCUT2D eigenvalue weighted by Crippen LogP contribution is 2.12. The summed E-state index contributed by atoms with van der Waals surface area (Å²) in [7, 11) is 0. The summed E-state index contributed by atoms with van der Waals surface area (Å²) in [6.45, 7) is 2.20. The normalized spacial score (nSPS) is 10.3. The Morgan fingerprint density at radius 3 is 2.50 bits per heavy atom. The third-order valence-electron chi connectivity index (χ3n) is 2.84. The van der Waals surface area contributed by atoms with Gasteiger partial charge < -0.3 is 5.32 Å². The summed E-state index contributed by atoms with van der Waals surface area (Å²) in [5.41, 5.74) is 2.24. The van der Waals surface area contributed by atoms with Gasteiger partial charge in [0.15, 0.2) is 0 Å². The molecule has 1 aromatic carbocycles. The van der Waals surface area contributed by atoms with Gasteiger partial charge in [-0.05, 0) is 43.4 Å². The molecule has 18 heavy (non-hydrogen) atoms. The molecule has 0 atom stereocenters. The Morgan fingerprint density at radius 2 is 1.89 bits per heavy atom. The van der Waals surface area contributed by atoms with E-state index in [0.717, 1.165) is 30.3 Å². The molecular weight excluding hydrogens is 290 g/mol. The second kappa shape index (κ2) is 9.15. The first-order valence-corrected chi connectivity index (χ1v) is 7.83. The average molecular weight is 312 g/mol. The largest absolute Gasteiger partial charge is 0.326 e. The summed E-state index contributed by atoms with van der Waals surface area (Å²) < 4.78 is 0. The van der Waals surface area contributed by atoms with Crippen LogP contribution >= 0.6 is 15.9 Å². The number of alkyl halides is 1. The third kappa shape index (κ3) is 6.20. The maximum atomic E-state index is 11.6. The molecule has 0 aromatic heterocycles. The fourth-order valence-corrected chi connectivity index (χ4v) is 2.14. The standard InChI is InChI=1S/C15H22BrNO/c1-2-3-6-13-8-10-14(11-9-13)17-15(18)7-4-5-12-16/h8-11H,2-7,12H2,1H3,(H,17,18). The molecule has 1 rings (SSSR count). The molecule has 100 valence electrons. The summed E-state index contributed by atoms with van der Waals surface area (Å²) in [4.78, 5) is 11.6. The second-order valence-corrected chi connectivity index (χ2v) is 5.29. The minimum absolute atomic E-state index is 0.109. The molecule has 0 aliphatic heterocycles. The number of hydrogen-bond acceptors (Lipinski definition) is 1. The molecule has 0 aliphatic rings. The number of aryl methyl sites for hydroxylation is 1. The van der Waals surface area contributed by atoms with Gasteiger partial charge in [-0.1, -0.05) is 41.4 Å². The van der Waals surface area contributed by atoms with Crippen molar-refractivity contribution in [2.24, 2.45) is 0 Å². The molecule has 0 unspecified atom stereocenters. The van der Waals surface area contributed by atoms with Crippen LogP contribution in [0.3, 0.4) is 0 Å². The first kappa shape index (κ1) is 15.2. The molecule has 2 nitrogen and oxygen atoms in total. The van der Waals surface area contributed by atoms with E-state index < -0.39 is 0 Å². The number of halogens is 1. The van der Waals surface area contributed by atoms with Crippen LogP contribution in [0.15, 0.2) is 24.3 Å². The van der Waals surface area contributed by atoms with Crippen molar-refractivity contribution in [3.8, 4) is 0 Å². The van der Waals surface area contributed by atoms with Crippen molar-refractivity contribution in [3.63, 3.8) is 0 Å². The van der Waals surface area contributed by atoms with E-state index in [0.29, 0.717) is 6.42 Å². The first-order chi connectivity index (χ1) is 8.76. The second-order valence-electron chi connectivity index (χ2n) is 4.49. The van der Waals surface area contributed by atoms with Crippen molar-refractivity contribution in [2.75, 3.05) is 10.6 Å². The highest BCUT2D eigenvalue weighted by Gasteiger charge is 2.02. The van der Waals surface area contributed by atoms with E-state index in [-0.39, 0.29) is 5.91 Å². The smallest absolute Gasteiger partial charge is 0.224 e. The SMILES string of the molecule is CCCCc1ccc(NC(=O)CCCCBr)cc1. The maximum absolute atomic E-state index is 11.6. The Bertz CT molecular complexity index is 348. The lowest BCUT2D eigenvalue weighted by Gasteiger charge is -2.06. The lowest BCUT2D eigenvalue weighted by molar-refractivity contribution is -0.116. The summed E-state index contributed by atoms with van der Waals surface area (Å²) in [5, 5.41) is 3.89. The van der Waals surface area contributed by atoms with Gasteiger partial charge >= 0.3 is 0 Å². The van der Waals surface area contributed by atoms with Crippen molar-refractivity contribution >= 4 is 27.5 Å². The highest BCUT2D eigenvalue weighted by atomic mass is 79.9. The first-order valence-electron chi connectivity index (χ1n) is 6.71. The van der Waals surface area contributed by atoms with E-state index in [2.05, 4.69) is 40.3 Å². The van der Waals surface area contributed by atoms with Gasteiger partial charge in [-0.3, -0.25) is 4.79 Å². The minimum Gasteiger partial charge on any atom is -0.326 e. The Morgan fingerprint density at radius 1 is 1.17 bits per heavy atom. The monoisotopic (exact) mass is 311 g/mol. The number of anilines is 1. The van der Waals surface area contributed by atoms with Crippen LogP contribution in [0.5, 0.6) is 0 Å². The van der Waals surface area contributed by atoms with E-state index in [4.69, 9.17) is 0 Å². The van der Waals surface area contributed by atoms with Crippen LogP contribution in [-0.2, 0) is 11.2 Å². The summed E-state index contributed by atoms with van der Waals surface area (Å²) in [6.07, 6.45) is 6.14. The van der Waals surface area contributed by atoms with Gasteiger partial charge in [-0.25, -0.2) is 0 Å². The van der Waals surface area contributed by atoms with E-state index >= 15 is 0 Å². The Balaban J connectivity index is 2.35. The molecule has 0 saturated heterocycles. The van der Waals surface area contributed by atoms with Gasteiger partial charge in [0, 0.05) is 17.4 Å². The van der Waals surface area contributed by atoms with Crippen molar-refractivity contribution in [1.82, 2.24) is 0 Å². The molecular formula is C15H22BrNO. The van der Waals surface area contributed by atoms with Gasteiger partial charge in [0.25, 0.3) is 0 Å². The third-order valence-corrected chi connectivity index (χ3v) is 3.40. The Labute approximate surface area is 118 Å². The molecule has 0 heterocycles. The molecule has 0 bridgehead atoms. The van der Waals surface area contributed by atoms with Crippen molar-refractivity contribution in [1.29, 1.82) is 0 Å². The zero-order valence-electron chi connectivity index (χ0n) is 11.0. The lowest BCUT2D eigenvalue weighted by atomic mass is 10.1. The number of carbonyl (C=O) groups excluding carboxylic acids is 1. The van der Waals surface area contributed by atoms with Crippen LogP contribution in [0.1, 0.15) is 44.6 Å². The fourth-order valence-electron chi connectivity index (χ4n) is 1.74. The Hall–Kier alpha value is -0.830. The molecule has 0 radical (unpaired) electrons. The molecule has 0 saturated carbocycles. The van der Waals surface area contributed by atoms with E-state index in [1.807, 2.05) is 12.1 Å². The quantitative estimate of drug-likeness (QED) is 0.554. The summed E-state index contributed by atoms with van der Waals surface area (Å²) >= 11 is 3.36. The van der Waals surface area contributed by atoms with Gasteiger partial charge in [-0.15, -0.1) is 0 Å². The van der Waals surface area contributed by atoms with E-state index in [1.54, 1.807) is 0 Å². The van der Waals surface area contributed by atoms with Crippen LogP contribution in [0.2, 0.25) is 0 Å². The van der Waals surface area contributed by atoms with Crippen LogP contribution in [0.4, 0.5) is 5.69 Å². The number of amides is 1. The minimum atomic E-state index is 0.109. The van der Waals surface area contributed by atoms with E-state index in [9.17, 15) is 4.79 Å². The average Bonchev–Trinajstić information content (AvgIpc) is 2.38. The predicted octanol–water partition coefficient (Wildman–Crippen LogP) is 4.53. The summed E-state index contributed by atoms with van der Waals surface area (Å²) in [5.74, 6) is 0.109. The zero-order valence-corrected chi connectivity index (χ0v) is 12.6. The van der Waals surface area contributed by atoms with Crippen molar-refractivity contribution in [2.45, 2.75) is 45.4 Å². The number of nitrogens with one attached hydrogen (secondary N) is 1. The summed E-state index contributed by atoms with van der Waals surface area (Å²) in [6, 6.07) is 8.19. The molecule has 0 spiro atoms. The van der Waals surface area contributed by atoms with E-state index in [1.165, 1.54) is 18.4 Å². The molecule has 1 N–H and O–H groups in total. The van der Waals surface area contributed by atoms with Gasteiger partial charge in [-0.2, -0.15) is 0 Å². The van der Waals surface area contributed by atoms with Crippen LogP contribution in [0.25, 0.3) is 0 Å². The van der Waals surface area contributed by atoms with Crippen LogP contribution in [-0.4, -0.2) is 11.2 Å². The van der Waals surface area contributed by atoms with Crippen LogP contribution in [0, 0.1) is 0 Å². The molecule has 1 amide bonds. The number of rotatable bonds is 8.